The first-order chi connectivity index (χ1) is 15.4. The van der Waals surface area contributed by atoms with Crippen molar-refractivity contribution in [2.75, 3.05) is 26.2 Å². The lowest BCUT2D eigenvalue weighted by molar-refractivity contribution is -0.159. The van der Waals surface area contributed by atoms with Crippen LogP contribution in [0.5, 0.6) is 0 Å². The highest BCUT2D eigenvalue weighted by molar-refractivity contribution is 6.27. The third-order valence-electron chi connectivity index (χ3n) is 5.04. The quantitative estimate of drug-likeness (QED) is 0.605. The Morgan fingerprint density at radius 3 is 1.88 bits per heavy atom. The van der Waals surface area contributed by atoms with Crippen LogP contribution in [-0.4, -0.2) is 64.0 Å². The van der Waals surface area contributed by atoms with Gasteiger partial charge in [0, 0.05) is 31.7 Å². The summed E-state index contributed by atoms with van der Waals surface area (Å²) in [6, 6.07) is 22.0. The van der Waals surface area contributed by atoms with Crippen molar-refractivity contribution in [3.63, 3.8) is 0 Å². The number of aliphatic carboxylic acids is 2. The molecule has 1 amide bonds. The highest BCUT2D eigenvalue weighted by Gasteiger charge is 2.22. The molecule has 1 fully saturated rings. The molecule has 8 nitrogen and oxygen atoms in total. The first-order valence-electron chi connectivity index (χ1n) is 10.1. The minimum Gasteiger partial charge on any atom is -0.473 e. The largest absolute Gasteiger partial charge is 0.473 e. The van der Waals surface area contributed by atoms with E-state index in [1.165, 1.54) is 0 Å². The first kappa shape index (κ1) is 22.8. The standard InChI is InChI=1S/C22H22N2O2.C2H2O4/c25-22(20-10-8-19(9-11-20)18-5-2-1-3-6-18)24-14-12-23(13-15-24)17-21-7-4-16-26-21;3-1(4)2(5)6/h1-11,16H,12-15,17H2;(H,3,4)(H,5,6). The Balaban J connectivity index is 0.000000427. The number of carbonyl (C=O) groups is 3. The monoisotopic (exact) mass is 436 g/mol. The van der Waals surface area contributed by atoms with Gasteiger partial charge in [0.05, 0.1) is 12.8 Å². The van der Waals surface area contributed by atoms with Crippen LogP contribution in [0.4, 0.5) is 0 Å². The predicted molar refractivity (Wildman–Crippen MR) is 117 cm³/mol. The number of carboxylic acids is 2. The summed E-state index contributed by atoms with van der Waals surface area (Å²) in [6.07, 6.45) is 1.70. The Kier molecular flexibility index (Phi) is 7.77. The molecule has 166 valence electrons. The van der Waals surface area contributed by atoms with Crippen molar-refractivity contribution in [1.29, 1.82) is 0 Å². The van der Waals surface area contributed by atoms with Crippen LogP contribution in [0.2, 0.25) is 0 Å². The maximum absolute atomic E-state index is 12.8. The number of hydrogen-bond donors (Lipinski definition) is 2. The van der Waals surface area contributed by atoms with Crippen LogP contribution in [0.1, 0.15) is 16.1 Å². The van der Waals surface area contributed by atoms with Gasteiger partial charge in [-0.25, -0.2) is 9.59 Å². The van der Waals surface area contributed by atoms with Crippen molar-refractivity contribution in [1.82, 2.24) is 9.80 Å². The third kappa shape index (κ3) is 6.29. The van der Waals surface area contributed by atoms with Crippen molar-refractivity contribution >= 4 is 17.8 Å². The topological polar surface area (TPSA) is 111 Å². The number of rotatable bonds is 4. The number of benzene rings is 2. The number of amides is 1. The van der Waals surface area contributed by atoms with E-state index in [-0.39, 0.29) is 5.91 Å². The minimum atomic E-state index is -1.82. The van der Waals surface area contributed by atoms with Gasteiger partial charge in [-0.15, -0.1) is 0 Å². The summed E-state index contributed by atoms with van der Waals surface area (Å²) in [5, 5.41) is 14.8. The fourth-order valence-corrected chi connectivity index (χ4v) is 3.35. The number of hydrogen-bond acceptors (Lipinski definition) is 5. The molecule has 3 aromatic rings. The van der Waals surface area contributed by atoms with Crippen molar-refractivity contribution in [3.05, 3.63) is 84.3 Å². The van der Waals surface area contributed by atoms with Gasteiger partial charge in [0.25, 0.3) is 5.91 Å². The molecule has 1 aliphatic rings. The van der Waals surface area contributed by atoms with E-state index in [2.05, 4.69) is 17.0 Å². The van der Waals surface area contributed by atoms with Gasteiger partial charge in [0.15, 0.2) is 0 Å². The number of carbonyl (C=O) groups excluding carboxylic acids is 1. The zero-order chi connectivity index (χ0) is 22.9. The second-order valence-corrected chi connectivity index (χ2v) is 7.20. The Morgan fingerprint density at radius 2 is 1.34 bits per heavy atom. The number of nitrogens with zero attached hydrogens (tertiary/aromatic N) is 2. The highest BCUT2D eigenvalue weighted by Crippen LogP contribution is 2.20. The van der Waals surface area contributed by atoms with Gasteiger partial charge >= 0.3 is 11.9 Å². The molecule has 1 saturated heterocycles. The zero-order valence-electron chi connectivity index (χ0n) is 17.4. The molecule has 2 heterocycles. The molecule has 8 heteroatoms. The molecule has 2 aromatic carbocycles. The van der Waals surface area contributed by atoms with Gasteiger partial charge in [0.1, 0.15) is 5.76 Å². The van der Waals surface area contributed by atoms with E-state index in [1.54, 1.807) is 6.26 Å². The minimum absolute atomic E-state index is 0.113. The van der Waals surface area contributed by atoms with E-state index in [9.17, 15) is 4.79 Å². The zero-order valence-corrected chi connectivity index (χ0v) is 17.4. The second kappa shape index (κ2) is 10.9. The summed E-state index contributed by atoms with van der Waals surface area (Å²) in [6.45, 7) is 4.05. The molecular formula is C24H24N2O6. The van der Waals surface area contributed by atoms with Crippen molar-refractivity contribution in [2.24, 2.45) is 0 Å². The second-order valence-electron chi connectivity index (χ2n) is 7.20. The molecule has 0 spiro atoms. The number of furan rings is 1. The molecule has 0 saturated carbocycles. The summed E-state index contributed by atoms with van der Waals surface area (Å²) in [5.41, 5.74) is 3.05. The molecule has 0 unspecified atom stereocenters. The average molecular weight is 436 g/mol. The molecule has 1 aromatic heterocycles. The molecule has 4 rings (SSSR count). The van der Waals surface area contributed by atoms with E-state index in [1.807, 2.05) is 59.5 Å². The van der Waals surface area contributed by atoms with Crippen LogP contribution in [0.3, 0.4) is 0 Å². The number of carboxylic acid groups (broad SMARTS) is 2. The van der Waals surface area contributed by atoms with Gasteiger partial charge in [-0.05, 0) is 35.4 Å². The van der Waals surface area contributed by atoms with E-state index in [0.29, 0.717) is 0 Å². The van der Waals surface area contributed by atoms with Crippen LogP contribution in [-0.2, 0) is 16.1 Å². The molecule has 0 aliphatic carbocycles. The van der Waals surface area contributed by atoms with Gasteiger partial charge < -0.3 is 19.5 Å². The van der Waals surface area contributed by atoms with Gasteiger partial charge in [-0.2, -0.15) is 0 Å². The van der Waals surface area contributed by atoms with Crippen LogP contribution >= 0.6 is 0 Å². The molecule has 2 N–H and O–H groups in total. The van der Waals surface area contributed by atoms with E-state index in [0.717, 1.165) is 55.2 Å². The Morgan fingerprint density at radius 1 is 0.750 bits per heavy atom. The Bertz CT molecular complexity index is 1010. The SMILES string of the molecule is O=C(O)C(=O)O.O=C(c1ccc(-c2ccccc2)cc1)N1CCN(Cc2ccco2)CC1. The van der Waals surface area contributed by atoms with E-state index < -0.39 is 11.9 Å². The van der Waals surface area contributed by atoms with Crippen molar-refractivity contribution in [2.45, 2.75) is 6.54 Å². The average Bonchev–Trinajstić information content (AvgIpc) is 3.33. The Labute approximate surface area is 185 Å². The lowest BCUT2D eigenvalue weighted by Gasteiger charge is -2.34. The number of piperazine rings is 1. The van der Waals surface area contributed by atoms with Crippen LogP contribution in [0.25, 0.3) is 11.1 Å². The normalized spacial score (nSPS) is 13.7. The summed E-state index contributed by atoms with van der Waals surface area (Å²) in [7, 11) is 0. The highest BCUT2D eigenvalue weighted by atomic mass is 16.4. The molecule has 0 radical (unpaired) electrons. The summed E-state index contributed by atoms with van der Waals surface area (Å²) in [4.78, 5) is 35.2. The first-order valence-corrected chi connectivity index (χ1v) is 10.1. The summed E-state index contributed by atoms with van der Waals surface area (Å²) in [5.74, 6) is -2.56. The molecule has 1 aliphatic heterocycles. The Hall–Kier alpha value is -3.91. The van der Waals surface area contributed by atoms with E-state index in [4.69, 9.17) is 24.2 Å². The van der Waals surface area contributed by atoms with Crippen molar-refractivity contribution < 1.29 is 29.0 Å². The van der Waals surface area contributed by atoms with Crippen LogP contribution < -0.4 is 0 Å². The van der Waals surface area contributed by atoms with Crippen LogP contribution in [0, 0.1) is 0 Å². The van der Waals surface area contributed by atoms with E-state index >= 15 is 0 Å². The predicted octanol–water partition coefficient (Wildman–Crippen LogP) is 3.06. The fourth-order valence-electron chi connectivity index (χ4n) is 3.35. The maximum atomic E-state index is 12.8. The fraction of sp³-hybridized carbons (Fsp3) is 0.208. The van der Waals surface area contributed by atoms with Crippen molar-refractivity contribution in [3.8, 4) is 11.1 Å². The molecular weight excluding hydrogens is 412 g/mol. The summed E-state index contributed by atoms with van der Waals surface area (Å²) >= 11 is 0. The third-order valence-corrected chi connectivity index (χ3v) is 5.04. The summed E-state index contributed by atoms with van der Waals surface area (Å²) < 4.78 is 5.41. The van der Waals surface area contributed by atoms with Gasteiger partial charge in [-0.3, -0.25) is 9.69 Å². The molecule has 32 heavy (non-hydrogen) atoms. The maximum Gasteiger partial charge on any atom is 0.414 e. The van der Waals surface area contributed by atoms with Gasteiger partial charge in [-0.1, -0.05) is 42.5 Å². The van der Waals surface area contributed by atoms with Crippen LogP contribution in [0.15, 0.2) is 77.4 Å². The lowest BCUT2D eigenvalue weighted by Crippen LogP contribution is -2.48. The molecule has 0 atom stereocenters. The lowest BCUT2D eigenvalue weighted by atomic mass is 10.0. The smallest absolute Gasteiger partial charge is 0.414 e. The van der Waals surface area contributed by atoms with Gasteiger partial charge in [0.2, 0.25) is 0 Å². The molecule has 0 bridgehead atoms.